The Balaban J connectivity index is 2.16. The van der Waals surface area contributed by atoms with Crippen molar-refractivity contribution in [2.45, 2.75) is 31.9 Å². The maximum atomic E-state index is 12.5. The molecule has 1 aliphatic rings. The molecule has 2 heterocycles. The third-order valence-corrected chi connectivity index (χ3v) is 5.05. The van der Waals surface area contributed by atoms with Gasteiger partial charge >= 0.3 is 0 Å². The monoisotopic (exact) mass is 336 g/mol. The molecule has 0 aromatic carbocycles. The summed E-state index contributed by atoms with van der Waals surface area (Å²) in [5.74, 6) is -0.662. The molecule has 7 nitrogen and oxygen atoms in total. The van der Waals surface area contributed by atoms with Gasteiger partial charge in [0.05, 0.1) is 5.75 Å². The number of sulfonamides is 1. The molecule has 1 amide bonds. The van der Waals surface area contributed by atoms with Crippen molar-refractivity contribution in [1.29, 1.82) is 0 Å². The van der Waals surface area contributed by atoms with Crippen molar-refractivity contribution in [3.8, 4) is 0 Å². The average molecular weight is 336 g/mol. The lowest BCUT2D eigenvalue weighted by molar-refractivity contribution is 0.0723. The number of likely N-dealkylation sites (tertiary alicyclic amines) is 1. The number of hydrogen-bond donors (Lipinski definition) is 1. The highest BCUT2D eigenvalue weighted by Crippen LogP contribution is 2.21. The van der Waals surface area contributed by atoms with Gasteiger partial charge in [0.25, 0.3) is 12.3 Å². The summed E-state index contributed by atoms with van der Waals surface area (Å²) in [6, 6.07) is 0.909. The van der Waals surface area contributed by atoms with E-state index in [2.05, 4.69) is 9.82 Å². The number of carbonyl (C=O) groups excluding carboxylic acids is 1. The van der Waals surface area contributed by atoms with E-state index in [9.17, 15) is 22.0 Å². The second kappa shape index (κ2) is 6.69. The molecule has 22 heavy (non-hydrogen) atoms. The molecule has 0 bridgehead atoms. The minimum absolute atomic E-state index is 0.0501. The van der Waals surface area contributed by atoms with E-state index in [1.54, 1.807) is 0 Å². The minimum atomic E-state index is -3.45. The van der Waals surface area contributed by atoms with Gasteiger partial charge in [-0.25, -0.2) is 21.9 Å². The molecule has 1 fully saturated rings. The Bertz CT molecular complexity index is 632. The first-order valence-corrected chi connectivity index (χ1v) is 8.51. The van der Waals surface area contributed by atoms with E-state index >= 15 is 0 Å². The Morgan fingerprint density at radius 2 is 2.27 bits per heavy atom. The predicted molar refractivity (Wildman–Crippen MR) is 75.1 cm³/mol. The Kier molecular flexibility index (Phi) is 5.12. The molecule has 1 unspecified atom stereocenters. The van der Waals surface area contributed by atoms with Crippen LogP contribution < -0.4 is 4.72 Å². The van der Waals surface area contributed by atoms with Crippen LogP contribution in [0.25, 0.3) is 0 Å². The minimum Gasteiger partial charge on any atom is -0.333 e. The Morgan fingerprint density at radius 3 is 2.91 bits per heavy atom. The van der Waals surface area contributed by atoms with Crippen LogP contribution in [0.3, 0.4) is 0 Å². The Hall–Kier alpha value is -1.55. The third kappa shape index (κ3) is 3.80. The molecule has 0 spiro atoms. The quantitative estimate of drug-likeness (QED) is 0.810. The van der Waals surface area contributed by atoms with Crippen LogP contribution in [-0.2, 0) is 16.6 Å². The molecule has 2 rings (SSSR count). The highest BCUT2D eigenvalue weighted by atomic mass is 32.2. The fourth-order valence-corrected chi connectivity index (χ4v) is 3.57. The lowest BCUT2D eigenvalue weighted by Gasteiger charge is -2.24. The summed E-state index contributed by atoms with van der Waals surface area (Å²) in [6.45, 7) is -0.260. The van der Waals surface area contributed by atoms with Crippen molar-refractivity contribution in [2.24, 2.45) is 0 Å². The van der Waals surface area contributed by atoms with Crippen LogP contribution in [0.15, 0.2) is 12.3 Å². The third-order valence-electron chi connectivity index (χ3n) is 3.61. The molecule has 1 aliphatic heterocycles. The Morgan fingerprint density at radius 1 is 1.55 bits per heavy atom. The Labute approximate surface area is 127 Å². The lowest BCUT2D eigenvalue weighted by atomic mass is 10.2. The van der Waals surface area contributed by atoms with Crippen molar-refractivity contribution in [2.75, 3.05) is 19.3 Å². The zero-order chi connectivity index (χ0) is 16.3. The molecule has 0 radical (unpaired) electrons. The highest BCUT2D eigenvalue weighted by molar-refractivity contribution is 7.89. The number of alkyl halides is 2. The fraction of sp³-hybridized carbons (Fsp3) is 0.667. The second-order valence-corrected chi connectivity index (χ2v) is 7.04. The number of halogens is 2. The molecule has 1 atom stereocenters. The van der Waals surface area contributed by atoms with Crippen LogP contribution in [0.1, 0.15) is 23.3 Å². The standard InChI is InChI=1S/C12H18F2N4O3S/c1-15-22(20,21)8-9-3-2-6-17(9)12(19)10-4-5-16-18(10)7-11(13)14/h4-5,9,11,15H,2-3,6-8H2,1H3. The fourth-order valence-electron chi connectivity index (χ4n) is 2.55. The molecule has 1 N–H and O–H groups in total. The van der Waals surface area contributed by atoms with Gasteiger partial charge in [-0.15, -0.1) is 0 Å². The number of amides is 1. The second-order valence-electron chi connectivity index (χ2n) is 5.07. The largest absolute Gasteiger partial charge is 0.333 e. The van der Waals surface area contributed by atoms with Gasteiger partial charge in [0.2, 0.25) is 10.0 Å². The summed E-state index contributed by atoms with van der Waals surface area (Å²) in [5, 5.41) is 3.72. The van der Waals surface area contributed by atoms with Crippen LogP contribution >= 0.6 is 0 Å². The summed E-state index contributed by atoms with van der Waals surface area (Å²) in [7, 11) is -2.14. The molecule has 124 valence electrons. The van der Waals surface area contributed by atoms with Crippen LogP contribution in [-0.4, -0.2) is 60.8 Å². The van der Waals surface area contributed by atoms with Gasteiger partial charge in [-0.2, -0.15) is 5.10 Å². The predicted octanol–water partition coefficient (Wildman–Crippen LogP) is 0.302. The van der Waals surface area contributed by atoms with Gasteiger partial charge < -0.3 is 4.90 Å². The molecule has 1 aromatic heterocycles. The summed E-state index contributed by atoms with van der Waals surface area (Å²) in [5.41, 5.74) is 0.0501. The highest BCUT2D eigenvalue weighted by Gasteiger charge is 2.33. The van der Waals surface area contributed by atoms with Crippen molar-refractivity contribution in [3.63, 3.8) is 0 Å². The van der Waals surface area contributed by atoms with E-state index in [-0.39, 0.29) is 11.4 Å². The van der Waals surface area contributed by atoms with Crippen molar-refractivity contribution in [1.82, 2.24) is 19.4 Å². The van der Waals surface area contributed by atoms with Crippen LogP contribution in [0.4, 0.5) is 8.78 Å². The van der Waals surface area contributed by atoms with Crippen molar-refractivity contribution in [3.05, 3.63) is 18.0 Å². The van der Waals surface area contributed by atoms with Crippen molar-refractivity contribution < 1.29 is 22.0 Å². The number of carbonyl (C=O) groups is 1. The van der Waals surface area contributed by atoms with E-state index in [1.165, 1.54) is 24.2 Å². The molecule has 1 saturated heterocycles. The van der Waals surface area contributed by atoms with E-state index < -0.39 is 34.9 Å². The van der Waals surface area contributed by atoms with Crippen LogP contribution in [0.2, 0.25) is 0 Å². The molecule has 0 saturated carbocycles. The summed E-state index contributed by atoms with van der Waals surface area (Å²) >= 11 is 0. The molecule has 10 heteroatoms. The number of aromatic nitrogens is 2. The van der Waals surface area contributed by atoms with Gasteiger partial charge in [0.15, 0.2) is 0 Å². The molecule has 1 aromatic rings. The lowest BCUT2D eigenvalue weighted by Crippen LogP contribution is -2.42. The number of rotatable bonds is 6. The topological polar surface area (TPSA) is 84.3 Å². The first kappa shape index (κ1) is 16.8. The van der Waals surface area contributed by atoms with Crippen molar-refractivity contribution >= 4 is 15.9 Å². The number of nitrogens with one attached hydrogen (secondary N) is 1. The smallest absolute Gasteiger partial charge is 0.272 e. The number of nitrogens with zero attached hydrogens (tertiary/aromatic N) is 3. The summed E-state index contributed by atoms with van der Waals surface area (Å²) in [4.78, 5) is 13.9. The first-order valence-electron chi connectivity index (χ1n) is 6.86. The maximum absolute atomic E-state index is 12.5. The normalized spacial score (nSPS) is 19.1. The molecule has 0 aliphatic carbocycles. The summed E-state index contributed by atoms with van der Waals surface area (Å²) < 4.78 is 51.5. The van der Waals surface area contributed by atoms with E-state index in [4.69, 9.17) is 0 Å². The van der Waals surface area contributed by atoms with E-state index in [1.807, 2.05) is 0 Å². The van der Waals surface area contributed by atoms with Crippen LogP contribution in [0, 0.1) is 0 Å². The molecular formula is C12H18F2N4O3S. The van der Waals surface area contributed by atoms with Gasteiger partial charge in [-0.3, -0.25) is 9.48 Å². The molecular weight excluding hydrogens is 318 g/mol. The first-order chi connectivity index (χ1) is 10.3. The maximum Gasteiger partial charge on any atom is 0.272 e. The van der Waals surface area contributed by atoms with Gasteiger partial charge in [0, 0.05) is 18.8 Å². The van der Waals surface area contributed by atoms with E-state index in [0.717, 1.165) is 4.68 Å². The summed E-state index contributed by atoms with van der Waals surface area (Å²) in [6.07, 6.45) is -0.0928. The zero-order valence-electron chi connectivity index (χ0n) is 12.1. The van der Waals surface area contributed by atoms with E-state index in [0.29, 0.717) is 19.4 Å². The van der Waals surface area contributed by atoms with Gasteiger partial charge in [0.1, 0.15) is 12.2 Å². The zero-order valence-corrected chi connectivity index (χ0v) is 12.9. The van der Waals surface area contributed by atoms with Crippen LogP contribution in [0.5, 0.6) is 0 Å². The van der Waals surface area contributed by atoms with Gasteiger partial charge in [-0.1, -0.05) is 0 Å². The number of hydrogen-bond acceptors (Lipinski definition) is 4. The SMILES string of the molecule is CNS(=O)(=O)CC1CCCN1C(=O)c1ccnn1CC(F)F. The average Bonchev–Trinajstić information content (AvgIpc) is 3.06. The van der Waals surface area contributed by atoms with Gasteiger partial charge in [-0.05, 0) is 26.0 Å².